The standard InChI is InChI=1S/C35H38ClN7O3/c1-18-12-27-28(40-33(39-27)22-10-11-22)16-25(18)21-6-2-19(3-7-21)13-30(32(38)44)43(34(45)23-8-4-20(17-37)5-9-23)24-14-26(36)31-29(15-24)41-35(46)42-31/h2-3,6-7,12,14-16,20,22-23,30H,4-5,8-11,13,17,37H2,1H3,(H2,38,44)(H,39,40)(H2,41,42,46)/t20-,23-,30-/m0/s1. The number of nitrogens with two attached hydrogens (primary N) is 2. The van der Waals surface area contributed by atoms with E-state index in [4.69, 9.17) is 28.1 Å². The van der Waals surface area contributed by atoms with Gasteiger partial charge >= 0.3 is 5.69 Å². The molecule has 2 aliphatic rings. The van der Waals surface area contributed by atoms with Gasteiger partial charge in [-0.05, 0) is 104 Å². The number of imidazole rings is 2. The van der Waals surface area contributed by atoms with E-state index in [0.29, 0.717) is 47.9 Å². The van der Waals surface area contributed by atoms with E-state index in [1.165, 1.54) is 17.7 Å². The number of rotatable bonds is 9. The Morgan fingerprint density at radius 2 is 1.72 bits per heavy atom. The molecule has 0 bridgehead atoms. The summed E-state index contributed by atoms with van der Waals surface area (Å²) >= 11 is 6.57. The maximum atomic E-state index is 14.3. The van der Waals surface area contributed by atoms with Crippen molar-refractivity contribution < 1.29 is 9.59 Å². The van der Waals surface area contributed by atoms with Crippen LogP contribution >= 0.6 is 11.6 Å². The molecule has 2 fully saturated rings. The third-order valence-corrected chi connectivity index (χ3v) is 10.0. The second-order valence-electron chi connectivity index (χ2n) is 13.0. The predicted octanol–water partition coefficient (Wildman–Crippen LogP) is 5.43. The fraction of sp³-hybridized carbons (Fsp3) is 0.371. The molecular formula is C35H38ClN7O3. The van der Waals surface area contributed by atoms with Crippen LogP contribution in [0.2, 0.25) is 5.02 Å². The number of benzene rings is 3. The number of nitrogens with one attached hydrogen (secondary N) is 3. The van der Waals surface area contributed by atoms with Crippen molar-refractivity contribution in [3.63, 3.8) is 0 Å². The van der Waals surface area contributed by atoms with Crippen LogP contribution in [0, 0.1) is 18.8 Å². The van der Waals surface area contributed by atoms with Crippen LogP contribution in [-0.2, 0) is 16.0 Å². The number of amides is 2. The van der Waals surface area contributed by atoms with Crippen molar-refractivity contribution in [1.29, 1.82) is 0 Å². The van der Waals surface area contributed by atoms with Gasteiger partial charge in [-0.3, -0.25) is 14.5 Å². The molecule has 7 rings (SSSR count). The number of H-pyrrole nitrogens is 3. The third kappa shape index (κ3) is 5.83. The summed E-state index contributed by atoms with van der Waals surface area (Å²) in [5.41, 5.74) is 19.0. The highest BCUT2D eigenvalue weighted by atomic mass is 35.5. The Labute approximate surface area is 270 Å². The summed E-state index contributed by atoms with van der Waals surface area (Å²) in [6.07, 6.45) is 5.63. The molecule has 2 amide bonds. The highest BCUT2D eigenvalue weighted by Gasteiger charge is 2.36. The van der Waals surface area contributed by atoms with Gasteiger partial charge in [0.2, 0.25) is 11.8 Å². The monoisotopic (exact) mass is 639 g/mol. The van der Waals surface area contributed by atoms with E-state index < -0.39 is 17.6 Å². The van der Waals surface area contributed by atoms with E-state index in [-0.39, 0.29) is 23.3 Å². The molecule has 238 valence electrons. The summed E-state index contributed by atoms with van der Waals surface area (Å²) in [7, 11) is 0. The highest BCUT2D eigenvalue weighted by Crippen LogP contribution is 2.40. The first-order chi connectivity index (χ1) is 22.2. The fourth-order valence-electron chi connectivity index (χ4n) is 6.94. The van der Waals surface area contributed by atoms with E-state index >= 15 is 0 Å². The maximum absolute atomic E-state index is 14.3. The zero-order valence-corrected chi connectivity index (χ0v) is 26.5. The molecule has 0 unspecified atom stereocenters. The van der Waals surface area contributed by atoms with E-state index in [2.05, 4.69) is 34.0 Å². The number of aromatic nitrogens is 4. The lowest BCUT2D eigenvalue weighted by atomic mass is 9.81. The molecule has 7 N–H and O–H groups in total. The van der Waals surface area contributed by atoms with Crippen LogP contribution in [0.5, 0.6) is 0 Å². The average Bonchev–Trinajstić information content (AvgIpc) is 3.70. The molecule has 0 saturated heterocycles. The third-order valence-electron chi connectivity index (χ3n) is 9.75. The highest BCUT2D eigenvalue weighted by molar-refractivity contribution is 6.35. The van der Waals surface area contributed by atoms with Gasteiger partial charge in [-0.15, -0.1) is 0 Å². The smallest absolute Gasteiger partial charge is 0.323 e. The van der Waals surface area contributed by atoms with Crippen LogP contribution in [0.15, 0.2) is 53.3 Å². The van der Waals surface area contributed by atoms with Crippen molar-refractivity contribution in [2.24, 2.45) is 23.3 Å². The van der Waals surface area contributed by atoms with Crippen molar-refractivity contribution in [2.45, 2.75) is 63.8 Å². The lowest BCUT2D eigenvalue weighted by Gasteiger charge is -2.35. The van der Waals surface area contributed by atoms with Gasteiger partial charge in [-0.2, -0.15) is 0 Å². The van der Waals surface area contributed by atoms with Crippen molar-refractivity contribution in [3.8, 4) is 11.1 Å². The van der Waals surface area contributed by atoms with Crippen molar-refractivity contribution >= 4 is 51.2 Å². The van der Waals surface area contributed by atoms with Crippen molar-refractivity contribution in [3.05, 3.63) is 81.0 Å². The number of hydrogen-bond acceptors (Lipinski definition) is 5. The molecule has 0 radical (unpaired) electrons. The minimum Gasteiger partial charge on any atom is -0.368 e. The zero-order chi connectivity index (χ0) is 32.1. The first-order valence-electron chi connectivity index (χ1n) is 16.0. The van der Waals surface area contributed by atoms with Crippen LogP contribution in [0.4, 0.5) is 5.69 Å². The predicted molar refractivity (Wildman–Crippen MR) is 181 cm³/mol. The molecule has 2 heterocycles. The number of primary amides is 1. The van der Waals surface area contributed by atoms with E-state index in [0.717, 1.165) is 52.0 Å². The van der Waals surface area contributed by atoms with Gasteiger partial charge in [0.05, 0.1) is 27.1 Å². The van der Waals surface area contributed by atoms with Gasteiger partial charge in [0, 0.05) is 23.9 Å². The number of anilines is 1. The Kier molecular flexibility index (Phi) is 7.94. The number of halogens is 1. The Balaban J connectivity index is 1.20. The Hall–Kier alpha value is -4.41. The number of nitrogens with zero attached hydrogens (tertiary/aromatic N) is 2. The lowest BCUT2D eigenvalue weighted by molar-refractivity contribution is -0.127. The quantitative estimate of drug-likeness (QED) is 0.145. The molecule has 46 heavy (non-hydrogen) atoms. The Bertz CT molecular complexity index is 2000. The van der Waals surface area contributed by atoms with Gasteiger partial charge in [-0.1, -0.05) is 35.9 Å². The number of carbonyl (C=O) groups excluding carboxylic acids is 2. The molecule has 1 atom stereocenters. The Morgan fingerprint density at radius 1 is 0.978 bits per heavy atom. The van der Waals surface area contributed by atoms with Gasteiger partial charge in [-0.25, -0.2) is 9.78 Å². The summed E-state index contributed by atoms with van der Waals surface area (Å²) in [6.45, 7) is 2.68. The van der Waals surface area contributed by atoms with Gasteiger partial charge in [0.25, 0.3) is 0 Å². The van der Waals surface area contributed by atoms with Gasteiger partial charge in [0.1, 0.15) is 11.9 Å². The summed E-state index contributed by atoms with van der Waals surface area (Å²) in [4.78, 5) is 54.7. The molecule has 0 aliphatic heterocycles. The number of hydrogen-bond donors (Lipinski definition) is 5. The molecule has 2 saturated carbocycles. The largest absolute Gasteiger partial charge is 0.368 e. The first kappa shape index (κ1) is 30.3. The van der Waals surface area contributed by atoms with E-state index in [1.807, 2.05) is 24.3 Å². The second-order valence-corrected chi connectivity index (χ2v) is 13.4. The second kappa shape index (κ2) is 12.1. The average molecular weight is 640 g/mol. The zero-order valence-electron chi connectivity index (χ0n) is 25.7. The molecule has 5 aromatic rings. The molecule has 2 aliphatic carbocycles. The van der Waals surface area contributed by atoms with Crippen LogP contribution in [0.1, 0.15) is 61.4 Å². The topological polar surface area (TPSA) is 167 Å². The molecule has 10 nitrogen and oxygen atoms in total. The maximum Gasteiger partial charge on any atom is 0.323 e. The summed E-state index contributed by atoms with van der Waals surface area (Å²) < 4.78 is 0. The molecular weight excluding hydrogens is 602 g/mol. The summed E-state index contributed by atoms with van der Waals surface area (Å²) in [6, 6.07) is 14.6. The molecule has 11 heteroatoms. The van der Waals surface area contributed by atoms with Gasteiger partial charge in [0.15, 0.2) is 0 Å². The minimum atomic E-state index is -0.979. The fourth-order valence-corrected chi connectivity index (χ4v) is 7.20. The van der Waals surface area contributed by atoms with E-state index in [9.17, 15) is 14.4 Å². The minimum absolute atomic E-state index is 0.183. The number of fused-ring (bicyclic) bond motifs is 2. The number of aromatic amines is 3. The molecule has 3 aromatic carbocycles. The SMILES string of the molecule is Cc1cc2[nH]c(C3CC3)nc2cc1-c1ccc(C[C@@H](C(N)=O)N(c2cc(Cl)c3[nH]c(=O)[nH]c3c2)C(=O)[C@H]2CC[C@H](CN)CC2)cc1. The lowest BCUT2D eigenvalue weighted by Crippen LogP contribution is -2.52. The van der Waals surface area contributed by atoms with Crippen LogP contribution in [0.25, 0.3) is 33.2 Å². The van der Waals surface area contributed by atoms with E-state index in [1.54, 1.807) is 12.1 Å². The first-order valence-corrected chi connectivity index (χ1v) is 16.4. The molecule has 0 spiro atoms. The van der Waals surface area contributed by atoms with Gasteiger partial charge < -0.3 is 26.4 Å². The van der Waals surface area contributed by atoms with Crippen LogP contribution < -0.4 is 22.1 Å². The van der Waals surface area contributed by atoms with Crippen molar-refractivity contribution in [2.75, 3.05) is 11.4 Å². The number of aryl methyl sites for hydroxylation is 1. The Morgan fingerprint density at radius 3 is 2.39 bits per heavy atom. The van der Waals surface area contributed by atoms with Crippen LogP contribution in [-0.4, -0.2) is 44.3 Å². The summed E-state index contributed by atoms with van der Waals surface area (Å²) in [5, 5.41) is 0.261. The number of carbonyl (C=O) groups is 2. The van der Waals surface area contributed by atoms with Crippen LogP contribution in [0.3, 0.4) is 0 Å². The summed E-state index contributed by atoms with van der Waals surface area (Å²) in [5.74, 6) is 0.901. The normalized spacial score (nSPS) is 19.0. The molecule has 2 aromatic heterocycles. The van der Waals surface area contributed by atoms with Crippen molar-refractivity contribution in [1.82, 2.24) is 19.9 Å².